The second-order valence-electron chi connectivity index (χ2n) is 3.14. The first kappa shape index (κ1) is 7.07. The summed E-state index contributed by atoms with van der Waals surface area (Å²) in [7, 11) is 0. The van der Waals surface area contributed by atoms with Gasteiger partial charge in [0.2, 0.25) is 0 Å². The molecular weight excluding hydrogens is 110 g/mol. The molecule has 0 bridgehead atoms. The summed E-state index contributed by atoms with van der Waals surface area (Å²) >= 11 is 0. The first-order valence-corrected chi connectivity index (χ1v) is 3.99. The highest BCUT2D eigenvalue weighted by Gasteiger charge is 2.25. The number of rotatable bonds is 1. The van der Waals surface area contributed by atoms with Crippen LogP contribution >= 0.6 is 0 Å². The molecule has 1 heteroatoms. The van der Waals surface area contributed by atoms with Crippen LogP contribution in [0.4, 0.5) is 0 Å². The molecule has 2 atom stereocenters. The molecule has 0 aromatic heterocycles. The fourth-order valence-corrected chi connectivity index (χ4v) is 1.62. The molecule has 0 aromatic rings. The molecule has 9 heavy (non-hydrogen) atoms. The molecule has 0 radical (unpaired) electrons. The van der Waals surface area contributed by atoms with Gasteiger partial charge in [-0.1, -0.05) is 13.8 Å². The van der Waals surface area contributed by atoms with E-state index in [-0.39, 0.29) is 0 Å². The van der Waals surface area contributed by atoms with Crippen molar-refractivity contribution in [1.29, 1.82) is 0 Å². The minimum absolute atomic E-state index is 0.829. The van der Waals surface area contributed by atoms with Crippen LogP contribution in [0.15, 0.2) is 0 Å². The van der Waals surface area contributed by atoms with Gasteiger partial charge >= 0.3 is 0 Å². The lowest BCUT2D eigenvalue weighted by molar-refractivity contribution is 0.260. The van der Waals surface area contributed by atoms with Crippen molar-refractivity contribution in [1.82, 2.24) is 4.90 Å². The zero-order valence-corrected chi connectivity index (χ0v) is 6.72. The Morgan fingerprint density at radius 3 is 2.33 bits per heavy atom. The summed E-state index contributed by atoms with van der Waals surface area (Å²) < 4.78 is 0. The lowest BCUT2D eigenvalue weighted by Crippen LogP contribution is -2.28. The fourth-order valence-electron chi connectivity index (χ4n) is 1.62. The second-order valence-corrected chi connectivity index (χ2v) is 3.14. The highest BCUT2D eigenvalue weighted by atomic mass is 15.2. The fraction of sp³-hybridized carbons (Fsp3) is 1.00. The Labute approximate surface area is 58.0 Å². The van der Waals surface area contributed by atoms with Crippen LogP contribution in [0.5, 0.6) is 0 Å². The van der Waals surface area contributed by atoms with E-state index in [1.165, 1.54) is 19.5 Å². The van der Waals surface area contributed by atoms with Gasteiger partial charge in [0, 0.05) is 6.04 Å². The van der Waals surface area contributed by atoms with Crippen molar-refractivity contribution in [3.63, 3.8) is 0 Å². The van der Waals surface area contributed by atoms with Gasteiger partial charge in [0.15, 0.2) is 0 Å². The van der Waals surface area contributed by atoms with Gasteiger partial charge in [0.05, 0.1) is 0 Å². The monoisotopic (exact) mass is 127 g/mol. The van der Waals surface area contributed by atoms with E-state index >= 15 is 0 Å². The van der Waals surface area contributed by atoms with Gasteiger partial charge in [0.1, 0.15) is 0 Å². The van der Waals surface area contributed by atoms with E-state index in [1.807, 2.05) is 0 Å². The Morgan fingerprint density at radius 1 is 1.44 bits per heavy atom. The van der Waals surface area contributed by atoms with Crippen LogP contribution in [0.25, 0.3) is 0 Å². The van der Waals surface area contributed by atoms with E-state index in [0.29, 0.717) is 0 Å². The average Bonchev–Trinajstić information content (AvgIpc) is 2.15. The molecule has 54 valence electrons. The largest absolute Gasteiger partial charge is 0.301 e. The maximum Gasteiger partial charge on any atom is 0.00929 e. The summed E-state index contributed by atoms with van der Waals surface area (Å²) in [6.45, 7) is 9.47. The Balaban J connectivity index is 2.41. The quantitative estimate of drug-likeness (QED) is 0.518. The molecule has 0 spiro atoms. The maximum atomic E-state index is 2.55. The minimum Gasteiger partial charge on any atom is -0.301 e. The molecule has 1 unspecified atom stereocenters. The van der Waals surface area contributed by atoms with Crippen LogP contribution < -0.4 is 0 Å². The van der Waals surface area contributed by atoms with Crippen LogP contribution in [-0.4, -0.2) is 24.0 Å². The van der Waals surface area contributed by atoms with E-state index in [2.05, 4.69) is 25.7 Å². The zero-order chi connectivity index (χ0) is 6.85. The third-order valence-electron chi connectivity index (χ3n) is 2.68. The zero-order valence-electron chi connectivity index (χ0n) is 6.72. The van der Waals surface area contributed by atoms with E-state index in [4.69, 9.17) is 0 Å². The molecule has 0 aromatic carbocycles. The lowest BCUT2D eigenvalue weighted by Gasteiger charge is -2.20. The molecule has 0 N–H and O–H groups in total. The van der Waals surface area contributed by atoms with E-state index in [0.717, 1.165) is 12.0 Å². The standard InChI is InChI=1S/C8H17N/c1-4-9-6-5-7(2)8(9)3/h7-8H,4-6H2,1-3H3/t7-,8?/m1/s1. The summed E-state index contributed by atoms with van der Waals surface area (Å²) in [5.74, 6) is 0.921. The summed E-state index contributed by atoms with van der Waals surface area (Å²) in [5.41, 5.74) is 0. The maximum absolute atomic E-state index is 2.55. The van der Waals surface area contributed by atoms with Crippen LogP contribution in [0, 0.1) is 5.92 Å². The highest BCUT2D eigenvalue weighted by molar-refractivity contribution is 4.79. The normalized spacial score (nSPS) is 37.7. The van der Waals surface area contributed by atoms with Crippen molar-refractivity contribution >= 4 is 0 Å². The van der Waals surface area contributed by atoms with Gasteiger partial charge in [-0.3, -0.25) is 0 Å². The molecule has 0 saturated carbocycles. The third kappa shape index (κ3) is 1.26. The lowest BCUT2D eigenvalue weighted by atomic mass is 10.1. The molecule has 1 aliphatic rings. The van der Waals surface area contributed by atoms with Gasteiger partial charge in [-0.15, -0.1) is 0 Å². The molecule has 0 aliphatic carbocycles. The van der Waals surface area contributed by atoms with Crippen molar-refractivity contribution in [2.45, 2.75) is 33.2 Å². The molecule has 1 saturated heterocycles. The summed E-state index contributed by atoms with van der Waals surface area (Å²) in [6.07, 6.45) is 1.40. The predicted octanol–water partition coefficient (Wildman–Crippen LogP) is 1.74. The van der Waals surface area contributed by atoms with Gasteiger partial charge in [-0.25, -0.2) is 0 Å². The summed E-state index contributed by atoms with van der Waals surface area (Å²) in [5, 5.41) is 0. The molecule has 0 amide bonds. The highest BCUT2D eigenvalue weighted by Crippen LogP contribution is 2.22. The molecule has 1 nitrogen and oxygen atoms in total. The Hall–Kier alpha value is -0.0400. The number of hydrogen-bond acceptors (Lipinski definition) is 1. The van der Waals surface area contributed by atoms with Crippen LogP contribution in [0.1, 0.15) is 27.2 Å². The number of nitrogens with zero attached hydrogens (tertiary/aromatic N) is 1. The Morgan fingerprint density at radius 2 is 2.11 bits per heavy atom. The number of likely N-dealkylation sites (tertiary alicyclic amines) is 1. The predicted molar refractivity (Wildman–Crippen MR) is 40.5 cm³/mol. The Kier molecular flexibility index (Phi) is 2.12. The van der Waals surface area contributed by atoms with Gasteiger partial charge < -0.3 is 4.90 Å². The first-order valence-electron chi connectivity index (χ1n) is 3.99. The van der Waals surface area contributed by atoms with Crippen LogP contribution in [0.3, 0.4) is 0 Å². The summed E-state index contributed by atoms with van der Waals surface area (Å²) in [4.78, 5) is 2.55. The van der Waals surface area contributed by atoms with Gasteiger partial charge in [-0.05, 0) is 32.4 Å². The SMILES string of the molecule is CCN1CC[C@@H](C)C1C. The van der Waals surface area contributed by atoms with Crippen molar-refractivity contribution in [3.05, 3.63) is 0 Å². The molecule has 1 aliphatic heterocycles. The van der Waals surface area contributed by atoms with E-state index in [1.54, 1.807) is 0 Å². The van der Waals surface area contributed by atoms with Crippen molar-refractivity contribution < 1.29 is 0 Å². The smallest absolute Gasteiger partial charge is 0.00929 e. The topological polar surface area (TPSA) is 3.24 Å². The third-order valence-corrected chi connectivity index (χ3v) is 2.68. The van der Waals surface area contributed by atoms with Crippen molar-refractivity contribution in [2.24, 2.45) is 5.92 Å². The Bertz CT molecular complexity index is 90.6. The molecule has 1 heterocycles. The average molecular weight is 127 g/mol. The van der Waals surface area contributed by atoms with Crippen molar-refractivity contribution in [3.8, 4) is 0 Å². The summed E-state index contributed by atoms with van der Waals surface area (Å²) in [6, 6.07) is 0.829. The first-order chi connectivity index (χ1) is 4.25. The number of hydrogen-bond donors (Lipinski definition) is 0. The van der Waals surface area contributed by atoms with E-state index < -0.39 is 0 Å². The van der Waals surface area contributed by atoms with Crippen molar-refractivity contribution in [2.75, 3.05) is 13.1 Å². The minimum atomic E-state index is 0.829. The van der Waals surface area contributed by atoms with Gasteiger partial charge in [-0.2, -0.15) is 0 Å². The van der Waals surface area contributed by atoms with Crippen LogP contribution in [0.2, 0.25) is 0 Å². The molecule has 1 fully saturated rings. The molecular formula is C8H17N. The van der Waals surface area contributed by atoms with E-state index in [9.17, 15) is 0 Å². The van der Waals surface area contributed by atoms with Gasteiger partial charge in [0.25, 0.3) is 0 Å². The van der Waals surface area contributed by atoms with Crippen LogP contribution in [-0.2, 0) is 0 Å². The second kappa shape index (κ2) is 2.70. The molecule has 1 rings (SSSR count).